The van der Waals surface area contributed by atoms with Crippen molar-refractivity contribution < 1.29 is 10.2 Å². The van der Waals surface area contributed by atoms with E-state index in [1.807, 2.05) is 6.08 Å². The molecular weight excluding hydrogens is 128 g/mol. The Morgan fingerprint density at radius 1 is 1.20 bits per heavy atom. The first-order valence-electron chi connectivity index (χ1n) is 3.83. The van der Waals surface area contributed by atoms with Gasteiger partial charge in [0.25, 0.3) is 0 Å². The number of allylic oxidation sites excluding steroid dienone is 1. The van der Waals surface area contributed by atoms with Gasteiger partial charge >= 0.3 is 0 Å². The molecule has 0 heterocycles. The maximum atomic E-state index is 9.18. The third kappa shape index (κ3) is 2.12. The van der Waals surface area contributed by atoms with E-state index in [-0.39, 0.29) is 0 Å². The van der Waals surface area contributed by atoms with Gasteiger partial charge in [0.2, 0.25) is 0 Å². The van der Waals surface area contributed by atoms with Crippen LogP contribution in [0.4, 0.5) is 0 Å². The van der Waals surface area contributed by atoms with Crippen LogP contribution < -0.4 is 0 Å². The van der Waals surface area contributed by atoms with E-state index in [0.29, 0.717) is 0 Å². The Bertz CT molecular complexity index is 120. The lowest BCUT2D eigenvalue weighted by molar-refractivity contribution is 0.0402. The summed E-state index contributed by atoms with van der Waals surface area (Å²) in [5, 5.41) is 18.3. The molecule has 0 aromatic heterocycles. The van der Waals surface area contributed by atoms with Crippen molar-refractivity contribution in [1.29, 1.82) is 0 Å². The molecule has 0 spiro atoms. The van der Waals surface area contributed by atoms with Crippen LogP contribution in [0.15, 0.2) is 12.2 Å². The second-order valence-electron chi connectivity index (χ2n) is 2.77. The number of hydrogen-bond acceptors (Lipinski definition) is 2. The van der Waals surface area contributed by atoms with E-state index in [0.717, 1.165) is 25.7 Å². The van der Waals surface area contributed by atoms with E-state index in [9.17, 15) is 5.11 Å². The summed E-state index contributed by atoms with van der Waals surface area (Å²) >= 11 is 0. The highest BCUT2D eigenvalue weighted by atomic mass is 16.3. The molecule has 0 fully saturated rings. The molecule has 2 nitrogen and oxygen atoms in total. The molecule has 58 valence electrons. The standard InChI is InChI=1S/C8H14O2/c9-7-5-3-1-2-4-6-8(7)10/h3,5,7-10H,1-2,4,6H2/b5-3-/t7-,8+/m1/s1. The van der Waals surface area contributed by atoms with Crippen molar-refractivity contribution in [2.45, 2.75) is 37.9 Å². The van der Waals surface area contributed by atoms with Crippen molar-refractivity contribution >= 4 is 0 Å². The molecule has 0 aromatic rings. The SMILES string of the molecule is O[C@@H]1/C=C\CCCC[C@@H]1O. The quantitative estimate of drug-likeness (QED) is 0.492. The topological polar surface area (TPSA) is 40.5 Å². The lowest BCUT2D eigenvalue weighted by Crippen LogP contribution is -2.24. The monoisotopic (exact) mass is 142 g/mol. The Kier molecular flexibility index (Phi) is 2.90. The van der Waals surface area contributed by atoms with E-state index < -0.39 is 12.2 Å². The lowest BCUT2D eigenvalue weighted by atomic mass is 10.0. The van der Waals surface area contributed by atoms with E-state index in [1.165, 1.54) is 0 Å². The fraction of sp³-hybridized carbons (Fsp3) is 0.750. The average molecular weight is 142 g/mol. The molecule has 10 heavy (non-hydrogen) atoms. The van der Waals surface area contributed by atoms with Crippen LogP contribution in [0.3, 0.4) is 0 Å². The van der Waals surface area contributed by atoms with Gasteiger partial charge in [0.1, 0.15) is 0 Å². The summed E-state index contributed by atoms with van der Waals surface area (Å²) in [4.78, 5) is 0. The van der Waals surface area contributed by atoms with Crippen LogP contribution >= 0.6 is 0 Å². The summed E-state index contributed by atoms with van der Waals surface area (Å²) < 4.78 is 0. The predicted octanol–water partition coefficient (Wildman–Crippen LogP) is 0.838. The van der Waals surface area contributed by atoms with Crippen LogP contribution in [0.2, 0.25) is 0 Å². The van der Waals surface area contributed by atoms with Crippen LogP contribution in [-0.4, -0.2) is 22.4 Å². The van der Waals surface area contributed by atoms with Crippen molar-refractivity contribution in [3.63, 3.8) is 0 Å². The minimum Gasteiger partial charge on any atom is -0.390 e. The number of hydrogen-bond donors (Lipinski definition) is 2. The molecule has 2 heteroatoms. The van der Waals surface area contributed by atoms with Gasteiger partial charge < -0.3 is 10.2 Å². The van der Waals surface area contributed by atoms with Crippen LogP contribution in [0.25, 0.3) is 0 Å². The Morgan fingerprint density at radius 2 is 2.00 bits per heavy atom. The molecule has 0 saturated heterocycles. The van der Waals surface area contributed by atoms with Crippen molar-refractivity contribution in [3.8, 4) is 0 Å². The first-order chi connectivity index (χ1) is 4.80. The smallest absolute Gasteiger partial charge is 0.0979 e. The molecule has 2 N–H and O–H groups in total. The predicted molar refractivity (Wildman–Crippen MR) is 39.6 cm³/mol. The Balaban J connectivity index is 2.44. The zero-order valence-electron chi connectivity index (χ0n) is 6.03. The Labute approximate surface area is 61.2 Å². The molecule has 1 aliphatic carbocycles. The molecule has 0 radical (unpaired) electrons. The molecule has 2 atom stereocenters. The minimum absolute atomic E-state index is 0.545. The summed E-state index contributed by atoms with van der Waals surface area (Å²) in [5.41, 5.74) is 0. The van der Waals surface area contributed by atoms with Crippen molar-refractivity contribution in [2.75, 3.05) is 0 Å². The van der Waals surface area contributed by atoms with Gasteiger partial charge in [-0.1, -0.05) is 18.6 Å². The average Bonchev–Trinajstić information content (AvgIpc) is 1.92. The highest BCUT2D eigenvalue weighted by Gasteiger charge is 2.13. The van der Waals surface area contributed by atoms with Crippen LogP contribution in [0, 0.1) is 0 Å². The molecule has 0 aromatic carbocycles. The van der Waals surface area contributed by atoms with E-state index in [2.05, 4.69) is 0 Å². The molecular formula is C8H14O2. The number of rotatable bonds is 0. The first-order valence-corrected chi connectivity index (χ1v) is 3.83. The lowest BCUT2D eigenvalue weighted by Gasteiger charge is -2.15. The number of aliphatic hydroxyl groups is 2. The van der Waals surface area contributed by atoms with Crippen LogP contribution in [0.1, 0.15) is 25.7 Å². The molecule has 0 amide bonds. The normalized spacial score (nSPS) is 38.2. The summed E-state index contributed by atoms with van der Waals surface area (Å²) in [6.07, 6.45) is 6.34. The van der Waals surface area contributed by atoms with E-state index in [4.69, 9.17) is 5.11 Å². The molecule has 1 rings (SSSR count). The fourth-order valence-electron chi connectivity index (χ4n) is 1.15. The maximum Gasteiger partial charge on any atom is 0.0979 e. The minimum atomic E-state index is -0.639. The summed E-state index contributed by atoms with van der Waals surface area (Å²) in [5.74, 6) is 0. The molecule has 0 bridgehead atoms. The zero-order chi connectivity index (χ0) is 7.40. The van der Waals surface area contributed by atoms with Gasteiger partial charge in [-0.3, -0.25) is 0 Å². The summed E-state index contributed by atoms with van der Waals surface area (Å²) in [7, 11) is 0. The van der Waals surface area contributed by atoms with Crippen molar-refractivity contribution in [2.24, 2.45) is 0 Å². The molecule has 0 aliphatic heterocycles. The molecule has 0 unspecified atom stereocenters. The van der Waals surface area contributed by atoms with Gasteiger partial charge in [0.05, 0.1) is 12.2 Å². The third-order valence-electron chi connectivity index (χ3n) is 1.85. The van der Waals surface area contributed by atoms with E-state index in [1.54, 1.807) is 6.08 Å². The van der Waals surface area contributed by atoms with Crippen LogP contribution in [-0.2, 0) is 0 Å². The molecule has 1 aliphatic rings. The summed E-state index contributed by atoms with van der Waals surface area (Å²) in [6.45, 7) is 0. The number of aliphatic hydroxyl groups excluding tert-OH is 2. The van der Waals surface area contributed by atoms with Crippen molar-refractivity contribution in [3.05, 3.63) is 12.2 Å². The van der Waals surface area contributed by atoms with Crippen molar-refractivity contribution in [1.82, 2.24) is 0 Å². The Morgan fingerprint density at radius 3 is 2.80 bits per heavy atom. The highest BCUT2D eigenvalue weighted by molar-refractivity contribution is 4.93. The maximum absolute atomic E-state index is 9.18. The third-order valence-corrected chi connectivity index (χ3v) is 1.85. The second-order valence-corrected chi connectivity index (χ2v) is 2.77. The highest BCUT2D eigenvalue weighted by Crippen LogP contribution is 2.11. The van der Waals surface area contributed by atoms with Gasteiger partial charge in [0.15, 0.2) is 0 Å². The van der Waals surface area contributed by atoms with Crippen LogP contribution in [0.5, 0.6) is 0 Å². The zero-order valence-corrected chi connectivity index (χ0v) is 6.03. The van der Waals surface area contributed by atoms with E-state index >= 15 is 0 Å². The van der Waals surface area contributed by atoms with Gasteiger partial charge in [-0.05, 0) is 19.3 Å². The largest absolute Gasteiger partial charge is 0.390 e. The molecule has 0 saturated carbocycles. The van der Waals surface area contributed by atoms with Gasteiger partial charge in [-0.2, -0.15) is 0 Å². The van der Waals surface area contributed by atoms with Gasteiger partial charge in [-0.15, -0.1) is 0 Å². The summed E-state index contributed by atoms with van der Waals surface area (Å²) in [6, 6.07) is 0. The Hall–Kier alpha value is -0.340. The second kappa shape index (κ2) is 3.74. The van der Waals surface area contributed by atoms with Gasteiger partial charge in [0, 0.05) is 0 Å². The first kappa shape index (κ1) is 7.76. The fourth-order valence-corrected chi connectivity index (χ4v) is 1.15. The van der Waals surface area contributed by atoms with Gasteiger partial charge in [-0.25, -0.2) is 0 Å².